The first-order chi connectivity index (χ1) is 17.3. The lowest BCUT2D eigenvalue weighted by molar-refractivity contribution is 0.123. The van der Waals surface area contributed by atoms with Crippen LogP contribution in [0.1, 0.15) is 104 Å². The van der Waals surface area contributed by atoms with Gasteiger partial charge < -0.3 is 14.2 Å². The fourth-order valence-electron chi connectivity index (χ4n) is 3.86. The summed E-state index contributed by atoms with van der Waals surface area (Å²) >= 11 is 0. The van der Waals surface area contributed by atoms with Crippen molar-refractivity contribution in [2.45, 2.75) is 104 Å². The molecule has 0 radical (unpaired) electrons. The molecule has 0 saturated heterocycles. The minimum Gasteiger partial charge on any atom is -0.494 e. The van der Waals surface area contributed by atoms with E-state index in [9.17, 15) is 0 Å². The minimum absolute atomic E-state index is 0.658. The molecule has 0 aliphatic carbocycles. The predicted octanol–water partition coefficient (Wildman–Crippen LogP) is 8.42. The van der Waals surface area contributed by atoms with Crippen molar-refractivity contribution in [1.29, 1.82) is 0 Å². The van der Waals surface area contributed by atoms with Gasteiger partial charge in [0.05, 0.1) is 25.6 Å². The van der Waals surface area contributed by atoms with Crippen LogP contribution in [0.3, 0.4) is 0 Å². The van der Waals surface area contributed by atoms with Crippen LogP contribution in [0, 0.1) is 0 Å². The standard InChI is InChI=1S/C30H48N2O3/c1-3-5-7-8-9-10-11-12-13-14-23-34-28-19-17-27(18-20-28)30-31-25-29(26-32-30)35-24-16-15-22-33-21-6-4-2/h17-20,25-26H,3-16,21-24H2,1-2H3. The Morgan fingerprint density at radius 3 is 1.63 bits per heavy atom. The normalized spacial score (nSPS) is 11.0. The molecular weight excluding hydrogens is 436 g/mol. The number of benzene rings is 1. The van der Waals surface area contributed by atoms with E-state index in [1.54, 1.807) is 12.4 Å². The van der Waals surface area contributed by atoms with Crippen molar-refractivity contribution in [3.63, 3.8) is 0 Å². The van der Waals surface area contributed by atoms with E-state index >= 15 is 0 Å². The number of unbranched alkanes of at least 4 members (excludes halogenated alkanes) is 11. The Morgan fingerprint density at radius 1 is 0.514 bits per heavy atom. The van der Waals surface area contributed by atoms with E-state index in [0.29, 0.717) is 18.2 Å². The van der Waals surface area contributed by atoms with Crippen LogP contribution < -0.4 is 9.47 Å². The number of rotatable bonds is 22. The van der Waals surface area contributed by atoms with E-state index in [0.717, 1.165) is 56.8 Å². The average Bonchev–Trinajstić information content (AvgIpc) is 2.89. The number of aromatic nitrogens is 2. The van der Waals surface area contributed by atoms with Gasteiger partial charge in [-0.25, -0.2) is 9.97 Å². The largest absolute Gasteiger partial charge is 0.494 e. The summed E-state index contributed by atoms with van der Waals surface area (Å²) in [5.74, 6) is 2.31. The zero-order valence-electron chi connectivity index (χ0n) is 22.3. The molecule has 1 aromatic heterocycles. The highest BCUT2D eigenvalue weighted by molar-refractivity contribution is 5.56. The van der Waals surface area contributed by atoms with Gasteiger partial charge in [-0.05, 0) is 49.9 Å². The van der Waals surface area contributed by atoms with Crippen molar-refractivity contribution in [2.24, 2.45) is 0 Å². The second kappa shape index (κ2) is 20.1. The van der Waals surface area contributed by atoms with Crippen molar-refractivity contribution in [1.82, 2.24) is 9.97 Å². The quantitative estimate of drug-likeness (QED) is 0.157. The van der Waals surface area contributed by atoms with Crippen LogP contribution in [0.15, 0.2) is 36.7 Å². The topological polar surface area (TPSA) is 53.5 Å². The molecule has 0 bridgehead atoms. The van der Waals surface area contributed by atoms with Crippen LogP contribution in [0.2, 0.25) is 0 Å². The summed E-state index contributed by atoms with van der Waals surface area (Å²) in [6.45, 7) is 7.55. The molecule has 196 valence electrons. The van der Waals surface area contributed by atoms with Crippen LogP contribution >= 0.6 is 0 Å². The van der Waals surface area contributed by atoms with Crippen LogP contribution in [0.25, 0.3) is 11.4 Å². The Morgan fingerprint density at radius 2 is 1.00 bits per heavy atom. The molecular formula is C30H48N2O3. The summed E-state index contributed by atoms with van der Waals surface area (Å²) in [7, 11) is 0. The molecule has 5 heteroatoms. The van der Waals surface area contributed by atoms with E-state index < -0.39 is 0 Å². The lowest BCUT2D eigenvalue weighted by Gasteiger charge is -2.08. The van der Waals surface area contributed by atoms with Crippen LogP contribution in [0.5, 0.6) is 11.5 Å². The van der Waals surface area contributed by atoms with Gasteiger partial charge in [0.15, 0.2) is 11.6 Å². The van der Waals surface area contributed by atoms with Crippen LogP contribution in [0.4, 0.5) is 0 Å². The summed E-state index contributed by atoms with van der Waals surface area (Å²) < 4.78 is 17.2. The maximum Gasteiger partial charge on any atom is 0.159 e. The van der Waals surface area contributed by atoms with Gasteiger partial charge in [0.2, 0.25) is 0 Å². The summed E-state index contributed by atoms with van der Waals surface area (Å²) in [6.07, 6.45) is 21.2. The maximum atomic E-state index is 5.91. The van der Waals surface area contributed by atoms with Crippen molar-refractivity contribution < 1.29 is 14.2 Å². The Balaban J connectivity index is 1.54. The molecule has 2 aromatic rings. The molecule has 0 spiro atoms. The lowest BCUT2D eigenvalue weighted by Crippen LogP contribution is -2.02. The van der Waals surface area contributed by atoms with E-state index in [1.165, 1.54) is 64.2 Å². The highest BCUT2D eigenvalue weighted by Gasteiger charge is 2.04. The zero-order valence-corrected chi connectivity index (χ0v) is 22.3. The van der Waals surface area contributed by atoms with Crippen LogP contribution in [-0.4, -0.2) is 36.4 Å². The molecule has 0 atom stereocenters. The first-order valence-corrected chi connectivity index (χ1v) is 14.1. The predicted molar refractivity (Wildman–Crippen MR) is 145 cm³/mol. The molecule has 35 heavy (non-hydrogen) atoms. The van der Waals surface area contributed by atoms with E-state index in [2.05, 4.69) is 23.8 Å². The van der Waals surface area contributed by atoms with Gasteiger partial charge >= 0.3 is 0 Å². The maximum absolute atomic E-state index is 5.91. The fourth-order valence-corrected chi connectivity index (χ4v) is 3.86. The molecule has 0 aliphatic rings. The molecule has 0 fully saturated rings. The van der Waals surface area contributed by atoms with Crippen molar-refractivity contribution >= 4 is 0 Å². The van der Waals surface area contributed by atoms with E-state index in [1.807, 2.05) is 24.3 Å². The van der Waals surface area contributed by atoms with Gasteiger partial charge in [0.1, 0.15) is 5.75 Å². The highest BCUT2D eigenvalue weighted by atomic mass is 16.5. The number of hydrogen-bond donors (Lipinski definition) is 0. The third-order valence-corrected chi connectivity index (χ3v) is 6.10. The molecule has 5 nitrogen and oxygen atoms in total. The Labute approximate surface area is 214 Å². The summed E-state index contributed by atoms with van der Waals surface area (Å²) in [6, 6.07) is 8.04. The second-order valence-corrected chi connectivity index (χ2v) is 9.32. The number of nitrogens with zero attached hydrogens (tertiary/aromatic N) is 2. The zero-order chi connectivity index (χ0) is 24.8. The average molecular weight is 485 g/mol. The van der Waals surface area contributed by atoms with Gasteiger partial charge in [0.25, 0.3) is 0 Å². The summed E-state index contributed by atoms with van der Waals surface area (Å²) in [5.41, 5.74) is 0.979. The molecule has 1 heterocycles. The summed E-state index contributed by atoms with van der Waals surface area (Å²) in [5, 5.41) is 0. The minimum atomic E-state index is 0.658. The molecule has 1 aromatic carbocycles. The summed E-state index contributed by atoms with van der Waals surface area (Å²) in [4.78, 5) is 8.91. The molecule has 0 aliphatic heterocycles. The Kier molecular flexibility index (Phi) is 16.7. The molecule has 0 amide bonds. The molecule has 0 unspecified atom stereocenters. The van der Waals surface area contributed by atoms with Crippen molar-refractivity contribution in [3.8, 4) is 22.9 Å². The van der Waals surface area contributed by atoms with Crippen LogP contribution in [-0.2, 0) is 4.74 Å². The van der Waals surface area contributed by atoms with E-state index in [4.69, 9.17) is 14.2 Å². The smallest absolute Gasteiger partial charge is 0.159 e. The monoisotopic (exact) mass is 484 g/mol. The van der Waals surface area contributed by atoms with Gasteiger partial charge in [-0.3, -0.25) is 0 Å². The van der Waals surface area contributed by atoms with Gasteiger partial charge in [0, 0.05) is 18.8 Å². The number of hydrogen-bond acceptors (Lipinski definition) is 5. The van der Waals surface area contributed by atoms with Crippen molar-refractivity contribution in [3.05, 3.63) is 36.7 Å². The van der Waals surface area contributed by atoms with Gasteiger partial charge in [-0.1, -0.05) is 78.1 Å². The van der Waals surface area contributed by atoms with E-state index in [-0.39, 0.29) is 0 Å². The third-order valence-electron chi connectivity index (χ3n) is 6.10. The fraction of sp³-hybridized carbons (Fsp3) is 0.667. The SMILES string of the molecule is CCCCCCCCCCCCOc1ccc(-c2ncc(OCCCCOCCCC)cn2)cc1. The lowest BCUT2D eigenvalue weighted by atomic mass is 10.1. The highest BCUT2D eigenvalue weighted by Crippen LogP contribution is 2.21. The first-order valence-electron chi connectivity index (χ1n) is 14.1. The molecule has 2 rings (SSSR count). The molecule has 0 N–H and O–H groups in total. The number of ether oxygens (including phenoxy) is 3. The molecule has 0 saturated carbocycles. The van der Waals surface area contributed by atoms with Gasteiger partial charge in [-0.2, -0.15) is 0 Å². The van der Waals surface area contributed by atoms with Gasteiger partial charge in [-0.15, -0.1) is 0 Å². The third kappa shape index (κ3) is 14.1. The Hall–Kier alpha value is -2.14. The first kappa shape index (κ1) is 29.1. The second-order valence-electron chi connectivity index (χ2n) is 9.32. The Bertz CT molecular complexity index is 734. The van der Waals surface area contributed by atoms with Crippen molar-refractivity contribution in [2.75, 3.05) is 26.4 Å².